The molecule has 0 saturated heterocycles. The lowest BCUT2D eigenvalue weighted by Crippen LogP contribution is -2.35. The van der Waals surface area contributed by atoms with E-state index >= 15 is 0 Å². The highest BCUT2D eigenvalue weighted by Gasteiger charge is 2.34. The molecule has 7 heteroatoms. The Balaban J connectivity index is 1.98. The van der Waals surface area contributed by atoms with Crippen molar-refractivity contribution in [3.8, 4) is 0 Å². The van der Waals surface area contributed by atoms with Crippen LogP contribution in [0, 0.1) is 0 Å². The highest BCUT2D eigenvalue weighted by atomic mass is 32.1. The van der Waals surface area contributed by atoms with Crippen molar-refractivity contribution < 1.29 is 9.90 Å². The maximum absolute atomic E-state index is 12.5. The summed E-state index contributed by atoms with van der Waals surface area (Å²) in [5.74, 6) is -0.114. The van der Waals surface area contributed by atoms with Gasteiger partial charge in [-0.1, -0.05) is 0 Å². The van der Waals surface area contributed by atoms with Gasteiger partial charge in [0.1, 0.15) is 9.71 Å². The van der Waals surface area contributed by atoms with Crippen LogP contribution in [0.2, 0.25) is 0 Å². The Morgan fingerprint density at radius 2 is 2.37 bits per heavy atom. The normalized spacial score (nSPS) is 14.8. The summed E-state index contributed by atoms with van der Waals surface area (Å²) in [4.78, 5) is 15.4. The maximum Gasteiger partial charge on any atom is 0.266 e. The van der Waals surface area contributed by atoms with Crippen molar-refractivity contribution in [1.29, 1.82) is 0 Å². The lowest BCUT2D eigenvalue weighted by atomic mass is 10.2. The molecule has 0 bridgehead atoms. The van der Waals surface area contributed by atoms with Gasteiger partial charge in [-0.2, -0.15) is 5.10 Å². The number of amides is 1. The first-order valence-corrected chi connectivity index (χ1v) is 6.95. The number of nitrogens with zero attached hydrogens (tertiary/aromatic N) is 3. The minimum absolute atomic E-state index is 0.0349. The van der Waals surface area contributed by atoms with E-state index in [1.807, 2.05) is 0 Å². The van der Waals surface area contributed by atoms with Gasteiger partial charge in [0.2, 0.25) is 0 Å². The first-order valence-electron chi connectivity index (χ1n) is 6.14. The molecule has 100 valence electrons. The molecule has 0 aromatic carbocycles. The first-order chi connectivity index (χ1) is 9.22. The number of fused-ring (bicyclic) bond motifs is 1. The Morgan fingerprint density at radius 3 is 3.00 bits per heavy atom. The molecule has 0 spiro atoms. The molecule has 0 unspecified atom stereocenters. The largest absolute Gasteiger partial charge is 0.397 e. The summed E-state index contributed by atoms with van der Waals surface area (Å²) in [6.07, 6.45) is 3.55. The third-order valence-electron chi connectivity index (χ3n) is 3.20. The van der Waals surface area contributed by atoms with Gasteiger partial charge in [0, 0.05) is 18.0 Å². The number of hydrogen-bond acceptors (Lipinski definition) is 6. The fourth-order valence-electron chi connectivity index (χ4n) is 2.11. The van der Waals surface area contributed by atoms with E-state index in [2.05, 4.69) is 10.2 Å². The summed E-state index contributed by atoms with van der Waals surface area (Å²) in [5.41, 5.74) is 6.49. The van der Waals surface area contributed by atoms with Crippen molar-refractivity contribution in [3.63, 3.8) is 0 Å². The van der Waals surface area contributed by atoms with E-state index in [9.17, 15) is 4.79 Å². The summed E-state index contributed by atoms with van der Waals surface area (Å²) in [6, 6.07) is 2.01. The van der Waals surface area contributed by atoms with Gasteiger partial charge in [0.15, 0.2) is 0 Å². The number of rotatable bonds is 4. The zero-order valence-electron chi connectivity index (χ0n) is 10.2. The van der Waals surface area contributed by atoms with E-state index in [1.54, 1.807) is 17.2 Å². The Labute approximate surface area is 113 Å². The smallest absolute Gasteiger partial charge is 0.266 e. The second-order valence-corrected chi connectivity index (χ2v) is 5.55. The highest BCUT2D eigenvalue weighted by Crippen LogP contribution is 2.35. The van der Waals surface area contributed by atoms with E-state index in [0.717, 1.165) is 18.2 Å². The first kappa shape index (κ1) is 12.3. The van der Waals surface area contributed by atoms with Crippen molar-refractivity contribution in [2.75, 3.05) is 18.9 Å². The van der Waals surface area contributed by atoms with Gasteiger partial charge >= 0.3 is 0 Å². The third-order valence-corrected chi connectivity index (χ3v) is 4.30. The second kappa shape index (κ2) is 4.75. The van der Waals surface area contributed by atoms with E-state index < -0.39 is 0 Å². The van der Waals surface area contributed by atoms with Gasteiger partial charge in [0.05, 0.1) is 18.5 Å². The Hall–Kier alpha value is -1.73. The average molecular weight is 278 g/mol. The minimum atomic E-state index is -0.114. The molecule has 1 fully saturated rings. The summed E-state index contributed by atoms with van der Waals surface area (Å²) in [5, 5.41) is 17.6. The number of aliphatic hydroxyl groups excluding tert-OH is 1. The number of aromatic nitrogens is 2. The molecule has 2 aromatic rings. The van der Waals surface area contributed by atoms with Crippen molar-refractivity contribution >= 4 is 33.1 Å². The number of carbonyl (C=O) groups excluding carboxylic acids is 1. The molecule has 3 N–H and O–H groups in total. The van der Waals surface area contributed by atoms with E-state index in [1.165, 1.54) is 11.3 Å². The summed E-state index contributed by atoms with van der Waals surface area (Å²) < 4.78 is 0. The Bertz CT molecular complexity index is 623. The molecule has 2 aromatic heterocycles. The van der Waals surface area contributed by atoms with Crippen LogP contribution < -0.4 is 5.73 Å². The monoisotopic (exact) mass is 278 g/mol. The molecule has 2 heterocycles. The van der Waals surface area contributed by atoms with Gasteiger partial charge < -0.3 is 15.7 Å². The van der Waals surface area contributed by atoms with E-state index in [4.69, 9.17) is 10.8 Å². The molecule has 0 aliphatic heterocycles. The van der Waals surface area contributed by atoms with Crippen LogP contribution in [0.4, 0.5) is 5.69 Å². The van der Waals surface area contributed by atoms with E-state index in [0.29, 0.717) is 21.9 Å². The van der Waals surface area contributed by atoms with Gasteiger partial charge in [-0.3, -0.25) is 4.79 Å². The number of nitrogens with two attached hydrogens (primary N) is 1. The minimum Gasteiger partial charge on any atom is -0.397 e. The summed E-state index contributed by atoms with van der Waals surface area (Å²) in [6.45, 7) is 0.315. The third kappa shape index (κ3) is 2.15. The molecule has 0 atom stereocenters. The fraction of sp³-hybridized carbons (Fsp3) is 0.417. The van der Waals surface area contributed by atoms with Crippen molar-refractivity contribution in [2.45, 2.75) is 18.9 Å². The number of hydrogen-bond donors (Lipinski definition) is 2. The predicted octanol–water partition coefficient (Wildman–Crippen LogP) is 0.870. The van der Waals surface area contributed by atoms with Gasteiger partial charge in [-0.15, -0.1) is 16.4 Å². The molecule has 1 amide bonds. The number of nitrogen functional groups attached to an aromatic ring is 1. The molecular weight excluding hydrogens is 264 g/mol. The second-order valence-electron chi connectivity index (χ2n) is 4.55. The zero-order valence-corrected chi connectivity index (χ0v) is 11.1. The molecule has 1 aliphatic rings. The fourth-order valence-corrected chi connectivity index (χ4v) is 3.10. The standard InChI is InChI=1S/C12H14N4O2S/c13-9-8-3-4-14-15-11(8)19-10(9)12(18)16(5-6-17)7-1-2-7/h3-4,7,17H,1-2,5-6,13H2. The average Bonchev–Trinajstić information content (AvgIpc) is 3.21. The summed E-state index contributed by atoms with van der Waals surface area (Å²) >= 11 is 1.26. The van der Waals surface area contributed by atoms with Crippen LogP contribution in [0.5, 0.6) is 0 Å². The number of anilines is 1. The number of aliphatic hydroxyl groups is 1. The van der Waals surface area contributed by atoms with Crippen LogP contribution in [0.25, 0.3) is 10.2 Å². The van der Waals surface area contributed by atoms with Crippen molar-refractivity contribution in [2.24, 2.45) is 0 Å². The van der Waals surface area contributed by atoms with Crippen LogP contribution in [0.1, 0.15) is 22.5 Å². The molecule has 1 saturated carbocycles. The zero-order chi connectivity index (χ0) is 13.4. The number of thiophene rings is 1. The van der Waals surface area contributed by atoms with Gasteiger partial charge in [0.25, 0.3) is 5.91 Å². The Kier molecular flexibility index (Phi) is 3.08. The maximum atomic E-state index is 12.5. The number of carbonyl (C=O) groups is 1. The lowest BCUT2D eigenvalue weighted by molar-refractivity contribution is 0.0713. The Morgan fingerprint density at radius 1 is 1.58 bits per heavy atom. The predicted molar refractivity (Wildman–Crippen MR) is 73.0 cm³/mol. The highest BCUT2D eigenvalue weighted by molar-refractivity contribution is 7.21. The quantitative estimate of drug-likeness (QED) is 0.865. The molecule has 0 radical (unpaired) electrons. The van der Waals surface area contributed by atoms with Crippen molar-refractivity contribution in [1.82, 2.24) is 15.1 Å². The van der Waals surface area contributed by atoms with Crippen LogP contribution in [0.3, 0.4) is 0 Å². The molecule has 19 heavy (non-hydrogen) atoms. The SMILES string of the molecule is Nc1c(C(=O)N(CCO)C2CC2)sc2nnccc12. The van der Waals surface area contributed by atoms with Crippen LogP contribution in [0.15, 0.2) is 12.3 Å². The van der Waals surface area contributed by atoms with Crippen LogP contribution >= 0.6 is 11.3 Å². The van der Waals surface area contributed by atoms with Gasteiger partial charge in [-0.25, -0.2) is 0 Å². The lowest BCUT2D eigenvalue weighted by Gasteiger charge is -2.20. The summed E-state index contributed by atoms with van der Waals surface area (Å²) in [7, 11) is 0. The molecule has 6 nitrogen and oxygen atoms in total. The van der Waals surface area contributed by atoms with Crippen molar-refractivity contribution in [3.05, 3.63) is 17.1 Å². The van der Waals surface area contributed by atoms with E-state index in [-0.39, 0.29) is 18.6 Å². The topological polar surface area (TPSA) is 92.3 Å². The van der Waals surface area contributed by atoms with Crippen LogP contribution in [-0.2, 0) is 0 Å². The van der Waals surface area contributed by atoms with Crippen LogP contribution in [-0.4, -0.2) is 45.3 Å². The molecular formula is C12H14N4O2S. The van der Waals surface area contributed by atoms with Gasteiger partial charge in [-0.05, 0) is 18.9 Å². The molecule has 3 rings (SSSR count). The molecule has 1 aliphatic carbocycles.